The van der Waals surface area contributed by atoms with E-state index >= 15 is 0 Å². The van der Waals surface area contributed by atoms with Crippen LogP contribution >= 0.6 is 0 Å². The molecule has 2 amide bonds. The average molecular weight is 224 g/mol. The normalized spacial score (nSPS) is 32.2. The number of piperazine rings is 1. The first-order chi connectivity index (χ1) is 7.37. The fraction of sp³-hybridized carbons (Fsp3) is 0.667. The summed E-state index contributed by atoms with van der Waals surface area (Å²) >= 11 is 0. The first kappa shape index (κ1) is 12.7. The molecule has 1 aliphatic heterocycles. The highest BCUT2D eigenvalue weighted by molar-refractivity contribution is 5.99. The zero-order valence-electron chi connectivity index (χ0n) is 10.4. The second-order valence-electron chi connectivity index (χ2n) is 4.54. The largest absolute Gasteiger partial charge is 0.340 e. The molecule has 0 aromatic rings. The number of nitrogens with zero attached hydrogens (tertiary/aromatic N) is 1. The maximum Gasteiger partial charge on any atom is 0.249 e. The predicted octanol–water partition coefficient (Wildman–Crippen LogP) is 1.08. The minimum absolute atomic E-state index is 0.0329. The van der Waals surface area contributed by atoms with Crippen LogP contribution in [0.3, 0.4) is 0 Å². The molecule has 0 aromatic heterocycles. The zero-order valence-corrected chi connectivity index (χ0v) is 10.4. The summed E-state index contributed by atoms with van der Waals surface area (Å²) in [5.74, 6) is -0.132. The van der Waals surface area contributed by atoms with Gasteiger partial charge in [-0.2, -0.15) is 0 Å². The van der Waals surface area contributed by atoms with E-state index < -0.39 is 11.6 Å². The van der Waals surface area contributed by atoms with Crippen molar-refractivity contribution < 1.29 is 9.59 Å². The van der Waals surface area contributed by atoms with E-state index in [2.05, 4.69) is 11.9 Å². The number of amides is 2. The van der Waals surface area contributed by atoms with Gasteiger partial charge < -0.3 is 10.2 Å². The van der Waals surface area contributed by atoms with E-state index in [-0.39, 0.29) is 17.9 Å². The highest BCUT2D eigenvalue weighted by Crippen LogP contribution is 2.23. The van der Waals surface area contributed by atoms with Crippen molar-refractivity contribution in [2.75, 3.05) is 0 Å². The van der Waals surface area contributed by atoms with Gasteiger partial charge in [0.2, 0.25) is 11.8 Å². The first-order valence-corrected chi connectivity index (χ1v) is 5.64. The third-order valence-corrected chi connectivity index (χ3v) is 3.39. The molecule has 4 nitrogen and oxygen atoms in total. The first-order valence-electron chi connectivity index (χ1n) is 5.64. The van der Waals surface area contributed by atoms with E-state index in [1.807, 2.05) is 13.8 Å². The Balaban J connectivity index is 3.09. The molecule has 90 valence electrons. The number of nitrogens with one attached hydrogen (secondary N) is 1. The van der Waals surface area contributed by atoms with Gasteiger partial charge in [-0.3, -0.25) is 9.59 Å². The Kier molecular flexibility index (Phi) is 3.41. The van der Waals surface area contributed by atoms with Crippen molar-refractivity contribution in [2.45, 2.75) is 51.7 Å². The smallest absolute Gasteiger partial charge is 0.249 e. The fourth-order valence-electron chi connectivity index (χ4n) is 1.91. The van der Waals surface area contributed by atoms with Crippen LogP contribution in [-0.4, -0.2) is 34.3 Å². The van der Waals surface area contributed by atoms with Gasteiger partial charge in [0.25, 0.3) is 0 Å². The second kappa shape index (κ2) is 4.28. The van der Waals surface area contributed by atoms with Crippen LogP contribution in [0.2, 0.25) is 0 Å². The third-order valence-electron chi connectivity index (χ3n) is 3.39. The molecular weight excluding hydrogens is 204 g/mol. The van der Waals surface area contributed by atoms with E-state index in [1.54, 1.807) is 24.8 Å². The van der Waals surface area contributed by atoms with Crippen LogP contribution < -0.4 is 5.32 Å². The van der Waals surface area contributed by atoms with Crippen LogP contribution in [0, 0.1) is 0 Å². The van der Waals surface area contributed by atoms with Crippen LogP contribution in [0.5, 0.6) is 0 Å². The molecule has 0 aromatic carbocycles. The maximum absolute atomic E-state index is 12.3. The molecule has 0 radical (unpaired) electrons. The summed E-state index contributed by atoms with van der Waals surface area (Å²) in [5, 5.41) is 2.79. The summed E-state index contributed by atoms with van der Waals surface area (Å²) in [6.07, 6.45) is 2.27. The van der Waals surface area contributed by atoms with Gasteiger partial charge in [0, 0.05) is 6.04 Å². The van der Waals surface area contributed by atoms with E-state index in [0.29, 0.717) is 6.42 Å². The van der Waals surface area contributed by atoms with Crippen LogP contribution in [-0.2, 0) is 9.59 Å². The molecule has 1 fully saturated rings. The zero-order chi connectivity index (χ0) is 12.5. The Labute approximate surface area is 96.7 Å². The lowest BCUT2D eigenvalue weighted by molar-refractivity contribution is -0.155. The topological polar surface area (TPSA) is 49.4 Å². The molecule has 3 atom stereocenters. The molecule has 1 aliphatic rings. The lowest BCUT2D eigenvalue weighted by atomic mass is 9.91. The van der Waals surface area contributed by atoms with Crippen LogP contribution in [0.15, 0.2) is 12.7 Å². The van der Waals surface area contributed by atoms with E-state index in [4.69, 9.17) is 0 Å². The van der Waals surface area contributed by atoms with Gasteiger partial charge in [0.1, 0.15) is 11.6 Å². The molecule has 1 N–H and O–H groups in total. The standard InChI is InChI=1S/C12H20N2O2/c1-6-8(3)14-9(4)10(15)13-12(5,7-2)11(14)16/h6,8-9H,1,7H2,2-5H3,(H,13,15). The number of hydrogen-bond donors (Lipinski definition) is 1. The Bertz CT molecular complexity index is 327. The highest BCUT2D eigenvalue weighted by atomic mass is 16.2. The average Bonchev–Trinajstić information content (AvgIpc) is 2.26. The highest BCUT2D eigenvalue weighted by Gasteiger charge is 2.46. The minimum atomic E-state index is -0.777. The van der Waals surface area contributed by atoms with Gasteiger partial charge >= 0.3 is 0 Å². The Morgan fingerprint density at radius 1 is 1.62 bits per heavy atom. The molecule has 3 unspecified atom stereocenters. The monoisotopic (exact) mass is 224 g/mol. The Hall–Kier alpha value is -1.32. The van der Waals surface area contributed by atoms with Crippen LogP contribution in [0.25, 0.3) is 0 Å². The second-order valence-corrected chi connectivity index (χ2v) is 4.54. The van der Waals surface area contributed by atoms with Crippen molar-refractivity contribution in [3.05, 3.63) is 12.7 Å². The summed E-state index contributed by atoms with van der Waals surface area (Å²) in [4.78, 5) is 25.7. The molecule has 1 saturated heterocycles. The summed E-state index contributed by atoms with van der Waals surface area (Å²) in [6.45, 7) is 10.9. The molecule has 1 rings (SSSR count). The summed E-state index contributed by atoms with van der Waals surface area (Å²) in [7, 11) is 0. The van der Waals surface area contributed by atoms with Crippen molar-refractivity contribution in [3.63, 3.8) is 0 Å². The lowest BCUT2D eigenvalue weighted by Crippen LogP contribution is -2.69. The molecule has 16 heavy (non-hydrogen) atoms. The van der Waals surface area contributed by atoms with Gasteiger partial charge in [0.15, 0.2) is 0 Å². The van der Waals surface area contributed by atoms with Crippen molar-refractivity contribution in [2.24, 2.45) is 0 Å². The third kappa shape index (κ3) is 1.84. The van der Waals surface area contributed by atoms with Crippen LogP contribution in [0.1, 0.15) is 34.1 Å². The maximum atomic E-state index is 12.3. The summed E-state index contributed by atoms with van der Waals surface area (Å²) < 4.78 is 0. The quantitative estimate of drug-likeness (QED) is 0.729. The fourth-order valence-corrected chi connectivity index (χ4v) is 1.91. The van der Waals surface area contributed by atoms with Crippen LogP contribution in [0.4, 0.5) is 0 Å². The number of hydrogen-bond acceptors (Lipinski definition) is 2. The molecule has 0 spiro atoms. The van der Waals surface area contributed by atoms with Gasteiger partial charge in [-0.25, -0.2) is 0 Å². The molecule has 4 heteroatoms. The summed E-state index contributed by atoms with van der Waals surface area (Å²) in [5.41, 5.74) is -0.777. The number of rotatable bonds is 3. The molecule has 0 saturated carbocycles. The van der Waals surface area contributed by atoms with Gasteiger partial charge in [-0.05, 0) is 27.2 Å². The Morgan fingerprint density at radius 3 is 2.62 bits per heavy atom. The van der Waals surface area contributed by atoms with E-state index in [1.165, 1.54) is 0 Å². The number of carbonyl (C=O) groups excluding carboxylic acids is 2. The number of carbonyl (C=O) groups is 2. The van der Waals surface area contributed by atoms with Gasteiger partial charge in [-0.15, -0.1) is 6.58 Å². The van der Waals surface area contributed by atoms with E-state index in [0.717, 1.165) is 0 Å². The molecule has 0 aliphatic carbocycles. The molecule has 1 heterocycles. The van der Waals surface area contributed by atoms with Gasteiger partial charge in [0.05, 0.1) is 0 Å². The van der Waals surface area contributed by atoms with Crippen molar-refractivity contribution in [1.82, 2.24) is 10.2 Å². The van der Waals surface area contributed by atoms with E-state index in [9.17, 15) is 9.59 Å². The summed E-state index contributed by atoms with van der Waals surface area (Å²) in [6, 6.07) is -0.556. The molecule has 0 bridgehead atoms. The predicted molar refractivity (Wildman–Crippen MR) is 62.8 cm³/mol. The van der Waals surface area contributed by atoms with Crippen molar-refractivity contribution in [3.8, 4) is 0 Å². The molecular formula is C12H20N2O2. The van der Waals surface area contributed by atoms with Crippen molar-refractivity contribution >= 4 is 11.8 Å². The SMILES string of the molecule is C=CC(C)N1C(=O)C(C)(CC)NC(=O)C1C. The Morgan fingerprint density at radius 2 is 2.19 bits per heavy atom. The lowest BCUT2D eigenvalue weighted by Gasteiger charge is -2.45. The van der Waals surface area contributed by atoms with Gasteiger partial charge in [-0.1, -0.05) is 13.0 Å². The van der Waals surface area contributed by atoms with Crippen molar-refractivity contribution in [1.29, 1.82) is 0 Å². The minimum Gasteiger partial charge on any atom is -0.340 e.